The van der Waals surface area contributed by atoms with Gasteiger partial charge in [0.05, 0.1) is 12.0 Å². The third-order valence-corrected chi connectivity index (χ3v) is 3.14. The van der Waals surface area contributed by atoms with Crippen LogP contribution in [0.3, 0.4) is 0 Å². The Morgan fingerprint density at radius 1 is 1.22 bits per heavy atom. The minimum absolute atomic E-state index is 0.00119. The van der Waals surface area contributed by atoms with E-state index in [0.717, 1.165) is 11.1 Å². The number of carbonyl (C=O) groups is 1. The first kappa shape index (κ1) is 13.1. The molecule has 0 aromatic heterocycles. The number of fused-ring (bicyclic) bond motifs is 1. The Bertz CT molecular complexity index is 445. The number of hydrogen-bond acceptors (Lipinski definition) is 3. The molecule has 18 heavy (non-hydrogen) atoms. The van der Waals surface area contributed by atoms with Crippen molar-refractivity contribution >= 4 is 5.97 Å². The number of methoxy groups -OCH3 is 1. The second-order valence-electron chi connectivity index (χ2n) is 5.68. The Labute approximate surface area is 108 Å². The van der Waals surface area contributed by atoms with Gasteiger partial charge in [0, 0.05) is 7.11 Å². The lowest BCUT2D eigenvalue weighted by Gasteiger charge is -2.22. The quantitative estimate of drug-likeness (QED) is 0.754. The van der Waals surface area contributed by atoms with Gasteiger partial charge in [0.25, 0.3) is 0 Å². The molecule has 0 saturated carbocycles. The van der Waals surface area contributed by atoms with Gasteiger partial charge < -0.3 is 9.47 Å². The minimum atomic E-state index is -0.447. The lowest BCUT2D eigenvalue weighted by Crippen LogP contribution is -2.27. The minimum Gasteiger partial charge on any atom is -0.459 e. The molecular weight excluding hydrogens is 228 g/mol. The molecule has 2 rings (SSSR count). The van der Waals surface area contributed by atoms with Crippen LogP contribution in [0.1, 0.15) is 50.3 Å². The molecule has 2 unspecified atom stereocenters. The summed E-state index contributed by atoms with van der Waals surface area (Å²) < 4.78 is 10.9. The van der Waals surface area contributed by atoms with Crippen LogP contribution in [0, 0.1) is 0 Å². The highest BCUT2D eigenvalue weighted by Crippen LogP contribution is 2.42. The summed E-state index contributed by atoms with van der Waals surface area (Å²) in [5.74, 6) is -0.361. The summed E-state index contributed by atoms with van der Waals surface area (Å²) in [6.45, 7) is 5.67. The zero-order chi connectivity index (χ0) is 13.3. The van der Waals surface area contributed by atoms with Gasteiger partial charge in [-0.1, -0.05) is 24.3 Å². The molecule has 0 fully saturated rings. The van der Waals surface area contributed by atoms with Crippen LogP contribution in [0.15, 0.2) is 24.3 Å². The van der Waals surface area contributed by atoms with Crippen molar-refractivity contribution in [1.29, 1.82) is 0 Å². The highest BCUT2D eigenvalue weighted by molar-refractivity contribution is 5.80. The monoisotopic (exact) mass is 248 g/mol. The van der Waals surface area contributed by atoms with E-state index in [4.69, 9.17) is 9.47 Å². The maximum atomic E-state index is 12.2. The molecule has 0 aliphatic heterocycles. The van der Waals surface area contributed by atoms with E-state index in [-0.39, 0.29) is 18.0 Å². The fourth-order valence-corrected chi connectivity index (χ4v) is 2.41. The first-order valence-corrected chi connectivity index (χ1v) is 6.27. The fourth-order valence-electron chi connectivity index (χ4n) is 2.41. The van der Waals surface area contributed by atoms with Gasteiger partial charge in [-0.2, -0.15) is 0 Å². The van der Waals surface area contributed by atoms with Gasteiger partial charge >= 0.3 is 5.97 Å². The molecule has 1 aromatic rings. The standard InChI is InChI=1S/C15H20O3/c1-15(2,3)18-14(16)12-9-13(17-4)11-8-6-5-7-10(11)12/h5-8,12-13H,9H2,1-4H3. The van der Waals surface area contributed by atoms with Gasteiger partial charge in [-0.3, -0.25) is 4.79 Å². The molecule has 0 N–H and O–H groups in total. The molecule has 1 aliphatic carbocycles. The van der Waals surface area contributed by atoms with Crippen LogP contribution in [0.4, 0.5) is 0 Å². The Kier molecular flexibility index (Phi) is 3.44. The Hall–Kier alpha value is -1.35. The van der Waals surface area contributed by atoms with Crippen molar-refractivity contribution in [2.45, 2.75) is 44.8 Å². The Morgan fingerprint density at radius 2 is 1.83 bits per heavy atom. The van der Waals surface area contributed by atoms with Crippen LogP contribution in [-0.4, -0.2) is 18.7 Å². The summed E-state index contributed by atoms with van der Waals surface area (Å²) in [6, 6.07) is 7.94. The third-order valence-electron chi connectivity index (χ3n) is 3.14. The maximum absolute atomic E-state index is 12.2. The lowest BCUT2D eigenvalue weighted by atomic mass is 10.0. The molecule has 0 spiro atoms. The topological polar surface area (TPSA) is 35.5 Å². The zero-order valence-corrected chi connectivity index (χ0v) is 11.4. The Balaban J connectivity index is 2.24. The number of esters is 1. The normalized spacial score (nSPS) is 22.7. The number of ether oxygens (including phenoxy) is 2. The third kappa shape index (κ3) is 2.56. The molecule has 3 heteroatoms. The van der Waals surface area contributed by atoms with E-state index >= 15 is 0 Å². The molecule has 0 bridgehead atoms. The van der Waals surface area contributed by atoms with Crippen LogP contribution in [-0.2, 0) is 14.3 Å². The van der Waals surface area contributed by atoms with Crippen molar-refractivity contribution in [3.05, 3.63) is 35.4 Å². The molecule has 1 aliphatic rings. The highest BCUT2D eigenvalue weighted by Gasteiger charge is 2.37. The molecule has 2 atom stereocenters. The van der Waals surface area contributed by atoms with Gasteiger partial charge in [0.15, 0.2) is 0 Å². The predicted octanol–water partition coefficient (Wildman–Crippen LogP) is 3.20. The van der Waals surface area contributed by atoms with Gasteiger partial charge in [-0.25, -0.2) is 0 Å². The molecule has 1 aromatic carbocycles. The summed E-state index contributed by atoms with van der Waals surface area (Å²) in [6.07, 6.45) is 0.670. The fraction of sp³-hybridized carbons (Fsp3) is 0.533. The summed E-state index contributed by atoms with van der Waals surface area (Å²) in [5.41, 5.74) is 1.70. The average molecular weight is 248 g/mol. The van der Waals surface area contributed by atoms with E-state index in [1.807, 2.05) is 45.0 Å². The molecule has 0 saturated heterocycles. The maximum Gasteiger partial charge on any atom is 0.314 e. The van der Waals surface area contributed by atoms with Crippen LogP contribution in [0.25, 0.3) is 0 Å². The zero-order valence-electron chi connectivity index (χ0n) is 11.4. The summed E-state index contributed by atoms with van der Waals surface area (Å²) >= 11 is 0. The summed E-state index contributed by atoms with van der Waals surface area (Å²) in [4.78, 5) is 12.2. The largest absolute Gasteiger partial charge is 0.459 e. The average Bonchev–Trinajstić information content (AvgIpc) is 2.65. The molecule has 0 heterocycles. The number of carbonyl (C=O) groups excluding carboxylic acids is 1. The smallest absolute Gasteiger partial charge is 0.314 e. The van der Waals surface area contributed by atoms with Crippen molar-refractivity contribution in [3.8, 4) is 0 Å². The van der Waals surface area contributed by atoms with Gasteiger partial charge in [-0.15, -0.1) is 0 Å². The van der Waals surface area contributed by atoms with Gasteiger partial charge in [0.2, 0.25) is 0 Å². The summed E-state index contributed by atoms with van der Waals surface area (Å²) in [7, 11) is 1.68. The number of hydrogen-bond donors (Lipinski definition) is 0. The van der Waals surface area contributed by atoms with E-state index in [2.05, 4.69) is 0 Å². The molecular formula is C15H20O3. The number of rotatable bonds is 2. The lowest BCUT2D eigenvalue weighted by molar-refractivity contribution is -0.157. The second-order valence-corrected chi connectivity index (χ2v) is 5.68. The molecule has 0 radical (unpaired) electrons. The summed E-state index contributed by atoms with van der Waals surface area (Å²) in [5, 5.41) is 0. The first-order valence-electron chi connectivity index (χ1n) is 6.27. The van der Waals surface area contributed by atoms with Crippen LogP contribution in [0.2, 0.25) is 0 Å². The second kappa shape index (κ2) is 4.73. The molecule has 3 nitrogen and oxygen atoms in total. The Morgan fingerprint density at radius 3 is 2.39 bits per heavy atom. The van der Waals surface area contributed by atoms with Crippen molar-refractivity contribution < 1.29 is 14.3 Å². The van der Waals surface area contributed by atoms with Gasteiger partial charge in [-0.05, 0) is 38.3 Å². The molecule has 98 valence electrons. The van der Waals surface area contributed by atoms with Crippen molar-refractivity contribution in [1.82, 2.24) is 0 Å². The van der Waals surface area contributed by atoms with Crippen molar-refractivity contribution in [2.24, 2.45) is 0 Å². The van der Waals surface area contributed by atoms with E-state index in [1.54, 1.807) is 7.11 Å². The van der Waals surface area contributed by atoms with Crippen molar-refractivity contribution in [2.75, 3.05) is 7.11 Å². The molecule has 0 amide bonds. The van der Waals surface area contributed by atoms with E-state index in [1.165, 1.54) is 0 Å². The number of benzene rings is 1. The van der Waals surface area contributed by atoms with E-state index < -0.39 is 5.60 Å². The van der Waals surface area contributed by atoms with Crippen LogP contribution < -0.4 is 0 Å². The van der Waals surface area contributed by atoms with Crippen molar-refractivity contribution in [3.63, 3.8) is 0 Å². The first-order chi connectivity index (χ1) is 8.42. The van der Waals surface area contributed by atoms with Gasteiger partial charge in [0.1, 0.15) is 5.60 Å². The van der Waals surface area contributed by atoms with Crippen LogP contribution in [0.5, 0.6) is 0 Å². The van der Waals surface area contributed by atoms with E-state index in [0.29, 0.717) is 6.42 Å². The highest BCUT2D eigenvalue weighted by atomic mass is 16.6. The van der Waals surface area contributed by atoms with E-state index in [9.17, 15) is 4.79 Å². The SMILES string of the molecule is COC1CC(C(=O)OC(C)(C)C)c2ccccc21. The van der Waals surface area contributed by atoms with Crippen LogP contribution >= 0.6 is 0 Å². The predicted molar refractivity (Wildman–Crippen MR) is 69.4 cm³/mol.